The van der Waals surface area contributed by atoms with Crippen LogP contribution in [0.5, 0.6) is 0 Å². The Morgan fingerprint density at radius 3 is 2.82 bits per heavy atom. The lowest BCUT2D eigenvalue weighted by atomic mass is 10.5. The number of nitrogens with one attached hydrogen (secondary N) is 2. The van der Waals surface area contributed by atoms with Crippen molar-refractivity contribution in [2.75, 3.05) is 4.72 Å². The van der Waals surface area contributed by atoms with E-state index in [-0.39, 0.29) is 10.8 Å². The van der Waals surface area contributed by atoms with E-state index in [1.165, 1.54) is 10.9 Å². The number of rotatable bonds is 4. The van der Waals surface area contributed by atoms with Gasteiger partial charge in [0.05, 0.1) is 6.20 Å². The zero-order valence-electron chi connectivity index (χ0n) is 9.51. The van der Waals surface area contributed by atoms with E-state index < -0.39 is 10.0 Å². The van der Waals surface area contributed by atoms with Gasteiger partial charge in [-0.3, -0.25) is 9.40 Å². The fourth-order valence-corrected chi connectivity index (χ4v) is 2.26. The van der Waals surface area contributed by atoms with Gasteiger partial charge in [-0.15, -0.1) is 0 Å². The topological polar surface area (TPSA) is 92.7 Å². The minimum Gasteiger partial charge on any atom is -0.332 e. The molecule has 0 atom stereocenters. The van der Waals surface area contributed by atoms with E-state index in [9.17, 15) is 8.42 Å². The molecule has 0 fully saturated rings. The van der Waals surface area contributed by atoms with Crippen molar-refractivity contribution < 1.29 is 8.42 Å². The minimum atomic E-state index is -3.63. The van der Waals surface area contributed by atoms with Crippen molar-refractivity contribution >= 4 is 15.8 Å². The number of sulfonamides is 1. The summed E-state index contributed by atoms with van der Waals surface area (Å²) in [4.78, 5) is 6.68. The molecule has 92 valence electrons. The molecule has 2 aromatic rings. The highest BCUT2D eigenvalue weighted by Gasteiger charge is 2.17. The van der Waals surface area contributed by atoms with Gasteiger partial charge < -0.3 is 4.98 Å². The molecular weight excluding hydrogens is 242 g/mol. The van der Waals surface area contributed by atoms with Crippen molar-refractivity contribution in [2.24, 2.45) is 7.05 Å². The molecule has 7 nitrogen and oxygen atoms in total. The smallest absolute Gasteiger partial charge is 0.280 e. The maximum absolute atomic E-state index is 11.9. The van der Waals surface area contributed by atoms with Crippen molar-refractivity contribution in [1.82, 2.24) is 19.7 Å². The van der Waals surface area contributed by atoms with Crippen LogP contribution < -0.4 is 4.72 Å². The van der Waals surface area contributed by atoms with E-state index >= 15 is 0 Å². The molecule has 2 heterocycles. The number of H-pyrrole nitrogens is 1. The van der Waals surface area contributed by atoms with Crippen LogP contribution >= 0.6 is 0 Å². The first-order valence-corrected chi connectivity index (χ1v) is 6.56. The predicted octanol–water partition coefficient (Wildman–Crippen LogP) is 0.506. The first-order chi connectivity index (χ1) is 8.01. The quantitative estimate of drug-likeness (QED) is 0.832. The van der Waals surface area contributed by atoms with Crippen LogP contribution in [0.3, 0.4) is 0 Å². The van der Waals surface area contributed by atoms with Crippen LogP contribution in [0.4, 0.5) is 5.82 Å². The Hall–Kier alpha value is -1.83. The number of anilines is 1. The van der Waals surface area contributed by atoms with Crippen molar-refractivity contribution in [2.45, 2.75) is 18.4 Å². The van der Waals surface area contributed by atoms with Crippen LogP contribution in [0, 0.1) is 0 Å². The second kappa shape index (κ2) is 4.21. The molecule has 0 amide bonds. The maximum atomic E-state index is 11.9. The minimum absolute atomic E-state index is 0.0417. The Kier molecular flexibility index (Phi) is 2.88. The Morgan fingerprint density at radius 1 is 1.53 bits per heavy atom. The highest BCUT2D eigenvalue weighted by Crippen LogP contribution is 2.12. The lowest BCUT2D eigenvalue weighted by molar-refractivity contribution is 0.597. The highest BCUT2D eigenvalue weighted by molar-refractivity contribution is 7.92. The Morgan fingerprint density at radius 2 is 2.29 bits per heavy atom. The molecule has 2 N–H and O–H groups in total. The zero-order chi connectivity index (χ0) is 12.5. The summed E-state index contributed by atoms with van der Waals surface area (Å²) in [6, 6.07) is 1.58. The second-order valence-electron chi connectivity index (χ2n) is 3.53. The predicted molar refractivity (Wildman–Crippen MR) is 62.0 cm³/mol. The van der Waals surface area contributed by atoms with E-state index in [0.717, 1.165) is 0 Å². The van der Waals surface area contributed by atoms with Gasteiger partial charge in [0.2, 0.25) is 0 Å². The normalized spacial score (nSPS) is 11.6. The van der Waals surface area contributed by atoms with Crippen LogP contribution in [0.25, 0.3) is 0 Å². The van der Waals surface area contributed by atoms with Crippen LogP contribution in [0.2, 0.25) is 0 Å². The zero-order valence-corrected chi connectivity index (χ0v) is 10.3. The molecule has 0 saturated heterocycles. The third-order valence-electron chi connectivity index (χ3n) is 2.18. The van der Waals surface area contributed by atoms with Crippen molar-refractivity contribution in [3.05, 3.63) is 24.3 Å². The van der Waals surface area contributed by atoms with E-state index in [0.29, 0.717) is 12.2 Å². The molecule has 0 aliphatic heterocycles. The van der Waals surface area contributed by atoms with Gasteiger partial charge >= 0.3 is 0 Å². The van der Waals surface area contributed by atoms with Gasteiger partial charge in [0.15, 0.2) is 10.8 Å². The molecule has 17 heavy (non-hydrogen) atoms. The maximum Gasteiger partial charge on any atom is 0.280 e. The molecule has 0 aromatic carbocycles. The Bertz CT molecular complexity index is 613. The first kappa shape index (κ1) is 11.6. The summed E-state index contributed by atoms with van der Waals surface area (Å²) < 4.78 is 27.7. The molecule has 8 heteroatoms. The molecule has 0 saturated carbocycles. The third kappa shape index (κ3) is 2.47. The van der Waals surface area contributed by atoms with Gasteiger partial charge in [-0.1, -0.05) is 6.92 Å². The Balaban J connectivity index is 2.24. The van der Waals surface area contributed by atoms with Crippen LogP contribution in [-0.2, 0) is 23.5 Å². The van der Waals surface area contributed by atoms with Gasteiger partial charge in [0.1, 0.15) is 5.82 Å². The monoisotopic (exact) mass is 255 g/mol. The number of imidazole rings is 1. The lowest BCUT2D eigenvalue weighted by Crippen LogP contribution is -2.14. The summed E-state index contributed by atoms with van der Waals surface area (Å²) in [5, 5.41) is 3.98. The standard InChI is InChI=1S/C9H13N5O2S/c1-3-7-10-6-9(11-7)17(15,16)13-8-4-5-14(2)12-8/h4-6H,3H2,1-2H3,(H,10,11)(H,12,13). The average Bonchev–Trinajstić information content (AvgIpc) is 2.86. The summed E-state index contributed by atoms with van der Waals surface area (Å²) in [5.41, 5.74) is 0. The first-order valence-electron chi connectivity index (χ1n) is 5.07. The molecular formula is C9H13N5O2S. The van der Waals surface area contributed by atoms with E-state index in [4.69, 9.17) is 0 Å². The highest BCUT2D eigenvalue weighted by atomic mass is 32.2. The van der Waals surface area contributed by atoms with Gasteiger partial charge in [-0.25, -0.2) is 4.98 Å². The molecule has 0 aliphatic rings. The molecule has 0 bridgehead atoms. The average molecular weight is 255 g/mol. The van der Waals surface area contributed by atoms with Crippen molar-refractivity contribution in [3.8, 4) is 0 Å². The van der Waals surface area contributed by atoms with Gasteiger partial charge in [-0.2, -0.15) is 13.5 Å². The fraction of sp³-hybridized carbons (Fsp3) is 0.333. The van der Waals surface area contributed by atoms with Crippen LogP contribution in [0.1, 0.15) is 12.7 Å². The van der Waals surface area contributed by atoms with Crippen LogP contribution in [0.15, 0.2) is 23.5 Å². The van der Waals surface area contributed by atoms with Gasteiger partial charge in [0, 0.05) is 25.7 Å². The van der Waals surface area contributed by atoms with Crippen LogP contribution in [-0.4, -0.2) is 28.2 Å². The molecule has 0 spiro atoms. The van der Waals surface area contributed by atoms with E-state index in [2.05, 4.69) is 19.8 Å². The SMILES string of the molecule is CCc1ncc(S(=O)(=O)Nc2ccn(C)n2)[nH]1. The van der Waals surface area contributed by atoms with Crippen molar-refractivity contribution in [1.29, 1.82) is 0 Å². The van der Waals surface area contributed by atoms with Crippen molar-refractivity contribution in [3.63, 3.8) is 0 Å². The summed E-state index contributed by atoms with van der Waals surface area (Å²) in [6.07, 6.45) is 3.60. The number of aromatic nitrogens is 4. The van der Waals surface area contributed by atoms with Gasteiger partial charge in [0.25, 0.3) is 10.0 Å². The number of hydrogen-bond acceptors (Lipinski definition) is 4. The summed E-state index contributed by atoms with van der Waals surface area (Å²) in [7, 11) is -1.92. The number of aromatic amines is 1. The largest absolute Gasteiger partial charge is 0.332 e. The molecule has 2 aromatic heterocycles. The summed E-state index contributed by atoms with van der Waals surface area (Å²) in [6.45, 7) is 1.89. The number of hydrogen-bond donors (Lipinski definition) is 2. The second-order valence-corrected chi connectivity index (χ2v) is 5.18. The lowest BCUT2D eigenvalue weighted by Gasteiger charge is -2.01. The molecule has 0 radical (unpaired) electrons. The molecule has 0 unspecified atom stereocenters. The molecule has 2 rings (SSSR count). The summed E-state index contributed by atoms with van der Waals surface area (Å²) >= 11 is 0. The number of nitrogens with zero attached hydrogens (tertiary/aromatic N) is 3. The fourth-order valence-electron chi connectivity index (χ4n) is 1.32. The Labute approximate surface area is 98.9 Å². The van der Waals surface area contributed by atoms with E-state index in [1.807, 2.05) is 6.92 Å². The third-order valence-corrected chi connectivity index (χ3v) is 3.45. The number of aryl methyl sites for hydroxylation is 2. The molecule has 0 aliphatic carbocycles. The van der Waals surface area contributed by atoms with E-state index in [1.54, 1.807) is 19.3 Å². The van der Waals surface area contributed by atoms with Gasteiger partial charge in [-0.05, 0) is 0 Å². The summed E-state index contributed by atoms with van der Waals surface area (Å²) in [5.74, 6) is 0.909.